The van der Waals surface area contributed by atoms with Gasteiger partial charge < -0.3 is 10.0 Å². The number of aliphatic hydroxyl groups is 1. The first kappa shape index (κ1) is 19.6. The zero-order chi connectivity index (χ0) is 19.4. The maximum Gasteiger partial charge on any atom is 0.272 e. The van der Waals surface area contributed by atoms with Crippen molar-refractivity contribution in [2.75, 3.05) is 6.54 Å². The molecule has 1 saturated carbocycles. The number of hydrogen-bond acceptors (Lipinski definition) is 3. The fourth-order valence-electron chi connectivity index (χ4n) is 3.88. The zero-order valence-electron chi connectivity index (χ0n) is 16.6. The van der Waals surface area contributed by atoms with Crippen LogP contribution in [0.5, 0.6) is 0 Å². The molecular formula is C22H31N3O2. The summed E-state index contributed by atoms with van der Waals surface area (Å²) in [6.07, 6.45) is 4.82. The van der Waals surface area contributed by atoms with Gasteiger partial charge in [0.1, 0.15) is 5.69 Å². The number of carbonyl (C=O) groups is 1. The Hall–Kier alpha value is -2.14. The molecule has 3 rings (SSSR count). The molecule has 0 aliphatic heterocycles. The minimum absolute atomic E-state index is 0.0289. The predicted molar refractivity (Wildman–Crippen MR) is 107 cm³/mol. The first-order valence-electron chi connectivity index (χ1n) is 10.0. The van der Waals surface area contributed by atoms with E-state index in [1.54, 1.807) is 4.68 Å². The second-order valence-electron chi connectivity index (χ2n) is 7.91. The van der Waals surface area contributed by atoms with E-state index in [2.05, 4.69) is 18.9 Å². The van der Waals surface area contributed by atoms with E-state index in [0.717, 1.165) is 36.9 Å². The lowest BCUT2D eigenvalue weighted by Crippen LogP contribution is -2.44. The molecule has 1 aromatic heterocycles. The number of carbonyl (C=O) groups excluding carboxylic acids is 1. The Balaban J connectivity index is 1.86. The molecule has 1 aliphatic carbocycles. The van der Waals surface area contributed by atoms with Crippen LogP contribution in [0.25, 0.3) is 0 Å². The summed E-state index contributed by atoms with van der Waals surface area (Å²) in [5, 5.41) is 15.3. The van der Waals surface area contributed by atoms with Crippen LogP contribution < -0.4 is 0 Å². The number of aromatic nitrogens is 2. The maximum atomic E-state index is 13.4. The molecular weight excluding hydrogens is 338 g/mol. The van der Waals surface area contributed by atoms with Crippen LogP contribution in [0.15, 0.2) is 36.4 Å². The second-order valence-corrected chi connectivity index (χ2v) is 7.91. The molecule has 0 saturated heterocycles. The Bertz CT molecular complexity index is 748. The van der Waals surface area contributed by atoms with Gasteiger partial charge in [0, 0.05) is 13.1 Å². The van der Waals surface area contributed by atoms with Crippen LogP contribution in [-0.2, 0) is 7.05 Å². The van der Waals surface area contributed by atoms with Crippen LogP contribution in [0.3, 0.4) is 0 Å². The topological polar surface area (TPSA) is 58.4 Å². The van der Waals surface area contributed by atoms with Gasteiger partial charge in [0.05, 0.1) is 18.3 Å². The van der Waals surface area contributed by atoms with Crippen LogP contribution in [0.4, 0.5) is 0 Å². The molecule has 1 N–H and O–H groups in total. The first-order valence-corrected chi connectivity index (χ1v) is 10.0. The quantitative estimate of drug-likeness (QED) is 0.836. The minimum Gasteiger partial charge on any atom is -0.387 e. The third-order valence-corrected chi connectivity index (χ3v) is 5.54. The van der Waals surface area contributed by atoms with Gasteiger partial charge >= 0.3 is 0 Å². The third kappa shape index (κ3) is 4.59. The number of hydrogen-bond donors (Lipinski definition) is 1. The van der Waals surface area contributed by atoms with E-state index in [1.807, 2.05) is 48.3 Å². The first-order chi connectivity index (χ1) is 13.0. The van der Waals surface area contributed by atoms with Crippen molar-refractivity contribution in [3.8, 4) is 0 Å². The Labute approximate surface area is 162 Å². The smallest absolute Gasteiger partial charge is 0.272 e. The van der Waals surface area contributed by atoms with Gasteiger partial charge in [0.15, 0.2) is 0 Å². The van der Waals surface area contributed by atoms with Gasteiger partial charge in [-0.1, -0.05) is 63.4 Å². The Morgan fingerprint density at radius 3 is 2.48 bits per heavy atom. The minimum atomic E-state index is -0.685. The maximum absolute atomic E-state index is 13.4. The molecule has 5 heteroatoms. The molecule has 146 valence electrons. The molecule has 1 aliphatic rings. The Morgan fingerprint density at radius 1 is 1.22 bits per heavy atom. The molecule has 1 atom stereocenters. The van der Waals surface area contributed by atoms with E-state index < -0.39 is 6.10 Å². The van der Waals surface area contributed by atoms with E-state index in [4.69, 9.17) is 0 Å². The molecule has 1 heterocycles. The number of aliphatic hydroxyl groups excluding tert-OH is 1. The van der Waals surface area contributed by atoms with Crippen LogP contribution in [0, 0.1) is 0 Å². The van der Waals surface area contributed by atoms with Gasteiger partial charge in [0.25, 0.3) is 5.91 Å². The average Bonchev–Trinajstić information content (AvgIpc) is 3.09. The van der Waals surface area contributed by atoms with E-state index in [-0.39, 0.29) is 17.9 Å². The summed E-state index contributed by atoms with van der Waals surface area (Å²) in [5.41, 5.74) is 2.37. The van der Waals surface area contributed by atoms with Crippen molar-refractivity contribution in [2.45, 2.75) is 64.0 Å². The van der Waals surface area contributed by atoms with Crippen molar-refractivity contribution in [2.24, 2.45) is 7.05 Å². The van der Waals surface area contributed by atoms with Gasteiger partial charge in [-0.3, -0.25) is 9.48 Å². The summed E-state index contributed by atoms with van der Waals surface area (Å²) in [7, 11) is 1.83. The highest BCUT2D eigenvalue weighted by atomic mass is 16.3. The lowest BCUT2D eigenvalue weighted by atomic mass is 9.93. The lowest BCUT2D eigenvalue weighted by molar-refractivity contribution is 0.0444. The number of aryl methyl sites for hydroxylation is 1. The molecule has 0 radical (unpaired) electrons. The highest BCUT2D eigenvalue weighted by Crippen LogP contribution is 2.27. The number of nitrogens with zero attached hydrogens (tertiary/aromatic N) is 3. The van der Waals surface area contributed by atoms with Crippen LogP contribution >= 0.6 is 0 Å². The largest absolute Gasteiger partial charge is 0.387 e. The van der Waals surface area contributed by atoms with Gasteiger partial charge in [-0.25, -0.2) is 0 Å². The van der Waals surface area contributed by atoms with Crippen LogP contribution in [0.2, 0.25) is 0 Å². The van der Waals surface area contributed by atoms with Crippen molar-refractivity contribution in [3.63, 3.8) is 0 Å². The van der Waals surface area contributed by atoms with Crippen molar-refractivity contribution >= 4 is 5.91 Å². The summed E-state index contributed by atoms with van der Waals surface area (Å²) in [6, 6.07) is 11.7. The van der Waals surface area contributed by atoms with Gasteiger partial charge in [-0.2, -0.15) is 5.10 Å². The summed E-state index contributed by atoms with van der Waals surface area (Å²) in [5.74, 6) is 0.245. The molecule has 2 aromatic rings. The summed E-state index contributed by atoms with van der Waals surface area (Å²) in [4.78, 5) is 15.3. The fourth-order valence-corrected chi connectivity index (χ4v) is 3.88. The SMILES string of the molecule is CC(C)c1cc(C(=O)N(C[C@H](O)c2ccccc2)C2CCCCC2)n(C)n1. The number of benzene rings is 1. The third-order valence-electron chi connectivity index (χ3n) is 5.54. The Morgan fingerprint density at radius 2 is 1.89 bits per heavy atom. The highest BCUT2D eigenvalue weighted by molar-refractivity contribution is 5.93. The van der Waals surface area contributed by atoms with Crippen LogP contribution in [0.1, 0.15) is 79.7 Å². The van der Waals surface area contributed by atoms with Crippen molar-refractivity contribution in [1.82, 2.24) is 14.7 Å². The van der Waals surface area contributed by atoms with Crippen LogP contribution in [-0.4, -0.2) is 38.3 Å². The second kappa shape index (κ2) is 8.70. The van der Waals surface area contributed by atoms with Crippen molar-refractivity contribution in [3.05, 3.63) is 53.3 Å². The standard InChI is InChI=1S/C22H31N3O2/c1-16(2)19-14-20(24(3)23-19)22(27)25(18-12-8-5-9-13-18)15-21(26)17-10-6-4-7-11-17/h4,6-7,10-11,14,16,18,21,26H,5,8-9,12-13,15H2,1-3H3/t21-/m0/s1. The van der Waals surface area contributed by atoms with Crippen molar-refractivity contribution < 1.29 is 9.90 Å². The van der Waals surface area contributed by atoms with Gasteiger partial charge in [0.2, 0.25) is 0 Å². The molecule has 5 nitrogen and oxygen atoms in total. The van der Waals surface area contributed by atoms with E-state index in [0.29, 0.717) is 12.2 Å². The molecule has 1 fully saturated rings. The normalized spacial score (nSPS) is 16.5. The van der Waals surface area contributed by atoms with Gasteiger partial charge in [-0.15, -0.1) is 0 Å². The Kier molecular flexibility index (Phi) is 6.32. The van der Waals surface area contributed by atoms with E-state index in [1.165, 1.54) is 6.42 Å². The van der Waals surface area contributed by atoms with E-state index in [9.17, 15) is 9.90 Å². The number of rotatable bonds is 6. The molecule has 27 heavy (non-hydrogen) atoms. The monoisotopic (exact) mass is 369 g/mol. The summed E-state index contributed by atoms with van der Waals surface area (Å²) >= 11 is 0. The van der Waals surface area contributed by atoms with Crippen molar-refractivity contribution in [1.29, 1.82) is 0 Å². The van der Waals surface area contributed by atoms with Gasteiger partial charge in [-0.05, 0) is 30.4 Å². The molecule has 1 amide bonds. The lowest BCUT2D eigenvalue weighted by Gasteiger charge is -2.35. The highest BCUT2D eigenvalue weighted by Gasteiger charge is 2.30. The summed E-state index contributed by atoms with van der Waals surface area (Å²) < 4.78 is 1.68. The fraction of sp³-hybridized carbons (Fsp3) is 0.545. The van der Waals surface area contributed by atoms with E-state index >= 15 is 0 Å². The molecule has 0 bridgehead atoms. The number of amides is 1. The molecule has 0 spiro atoms. The predicted octanol–water partition coefficient (Wildman–Crippen LogP) is 4.05. The molecule has 0 unspecified atom stereocenters. The average molecular weight is 370 g/mol. The molecule has 1 aromatic carbocycles. The zero-order valence-corrected chi connectivity index (χ0v) is 16.6. The summed E-state index contributed by atoms with van der Waals surface area (Å²) in [6.45, 7) is 4.47.